The average molecular weight is 155 g/mol. The minimum atomic E-state index is -0.214. The molecule has 2 heteroatoms. The molecule has 0 aromatic carbocycles. The normalized spacial score (nSPS) is 15.5. The summed E-state index contributed by atoms with van der Waals surface area (Å²) in [4.78, 5) is 0. The highest BCUT2D eigenvalue weighted by Gasteiger charge is 2.10. The maximum Gasteiger partial charge on any atom is 0.0621 e. The van der Waals surface area contributed by atoms with Crippen LogP contribution in [0.4, 0.5) is 0 Å². The van der Waals surface area contributed by atoms with Crippen molar-refractivity contribution < 1.29 is 5.11 Å². The first-order valence-corrected chi connectivity index (χ1v) is 4.27. The highest BCUT2D eigenvalue weighted by atomic mass is 16.3. The van der Waals surface area contributed by atoms with E-state index in [2.05, 4.69) is 13.0 Å². The molecule has 11 heavy (non-hydrogen) atoms. The number of nitriles is 1. The molecule has 2 atom stereocenters. The van der Waals surface area contributed by atoms with E-state index in [1.807, 2.05) is 6.92 Å². The van der Waals surface area contributed by atoms with E-state index >= 15 is 0 Å². The Morgan fingerprint density at radius 2 is 2.18 bits per heavy atom. The van der Waals surface area contributed by atoms with Crippen LogP contribution in [0.2, 0.25) is 0 Å². The van der Waals surface area contributed by atoms with Gasteiger partial charge in [0.2, 0.25) is 0 Å². The van der Waals surface area contributed by atoms with Crippen LogP contribution in [0.15, 0.2) is 0 Å². The van der Waals surface area contributed by atoms with Gasteiger partial charge in [-0.2, -0.15) is 5.26 Å². The molecule has 0 rings (SSSR count). The second-order valence-corrected chi connectivity index (χ2v) is 3.00. The summed E-state index contributed by atoms with van der Waals surface area (Å²) in [6.07, 6.45) is 2.94. The minimum Gasteiger partial charge on any atom is -0.393 e. The van der Waals surface area contributed by atoms with Crippen molar-refractivity contribution in [3.8, 4) is 6.07 Å². The van der Waals surface area contributed by atoms with Crippen molar-refractivity contribution in [1.29, 1.82) is 5.26 Å². The molecule has 0 aromatic heterocycles. The van der Waals surface area contributed by atoms with Gasteiger partial charge in [0.1, 0.15) is 0 Å². The number of aliphatic hydroxyl groups excluding tert-OH is 1. The average Bonchev–Trinajstić information content (AvgIpc) is 2.03. The Balaban J connectivity index is 3.37. The van der Waals surface area contributed by atoms with Crippen molar-refractivity contribution in [3.05, 3.63) is 0 Å². The fourth-order valence-electron chi connectivity index (χ4n) is 0.947. The number of hydrogen-bond donors (Lipinski definition) is 1. The van der Waals surface area contributed by atoms with Crippen molar-refractivity contribution in [2.45, 2.75) is 45.6 Å². The molecule has 0 radical (unpaired) electrons. The lowest BCUT2D eigenvalue weighted by Crippen LogP contribution is -2.16. The highest BCUT2D eigenvalue weighted by molar-refractivity contribution is 4.71. The molecule has 2 unspecified atom stereocenters. The number of hydrogen-bond acceptors (Lipinski definition) is 2. The molecule has 0 amide bonds. The van der Waals surface area contributed by atoms with Gasteiger partial charge in [0.15, 0.2) is 0 Å². The molecule has 0 fully saturated rings. The lowest BCUT2D eigenvalue weighted by molar-refractivity contribution is 0.104. The Labute approximate surface area is 68.8 Å². The summed E-state index contributed by atoms with van der Waals surface area (Å²) < 4.78 is 0. The van der Waals surface area contributed by atoms with Crippen LogP contribution in [-0.4, -0.2) is 11.2 Å². The lowest BCUT2D eigenvalue weighted by Gasteiger charge is -2.15. The largest absolute Gasteiger partial charge is 0.393 e. The fraction of sp³-hybridized carbons (Fsp3) is 0.889. The first-order chi connectivity index (χ1) is 5.22. The summed E-state index contributed by atoms with van der Waals surface area (Å²) in [5.74, 6) is 0.369. The summed E-state index contributed by atoms with van der Waals surface area (Å²) in [6, 6.07) is 2.07. The second kappa shape index (κ2) is 6.18. The molecule has 0 spiro atoms. The smallest absolute Gasteiger partial charge is 0.0621 e. The molecule has 1 N–H and O–H groups in total. The number of nitrogens with zero attached hydrogens (tertiary/aromatic N) is 1. The van der Waals surface area contributed by atoms with Crippen LogP contribution in [-0.2, 0) is 0 Å². The van der Waals surface area contributed by atoms with Crippen LogP contribution in [0.3, 0.4) is 0 Å². The van der Waals surface area contributed by atoms with Gasteiger partial charge in [0, 0.05) is 6.42 Å². The molecule has 0 saturated heterocycles. The number of rotatable bonds is 5. The predicted molar refractivity (Wildman–Crippen MR) is 44.9 cm³/mol. The van der Waals surface area contributed by atoms with E-state index in [0.717, 1.165) is 19.3 Å². The van der Waals surface area contributed by atoms with E-state index in [0.29, 0.717) is 12.3 Å². The molecule has 0 bridgehead atoms. The predicted octanol–water partition coefficient (Wildman–Crippen LogP) is 2.09. The molecular formula is C9H17NO. The van der Waals surface area contributed by atoms with E-state index in [1.165, 1.54) is 0 Å². The van der Waals surface area contributed by atoms with Gasteiger partial charge < -0.3 is 5.11 Å². The highest BCUT2D eigenvalue weighted by Crippen LogP contribution is 2.12. The van der Waals surface area contributed by atoms with E-state index in [9.17, 15) is 5.11 Å². The Hall–Kier alpha value is -0.550. The van der Waals surface area contributed by atoms with Crippen molar-refractivity contribution >= 4 is 0 Å². The molecule has 2 nitrogen and oxygen atoms in total. The number of aliphatic hydroxyl groups is 1. The third-order valence-corrected chi connectivity index (χ3v) is 2.09. The first-order valence-electron chi connectivity index (χ1n) is 4.27. The van der Waals surface area contributed by atoms with Crippen LogP contribution in [0.5, 0.6) is 0 Å². The summed E-state index contributed by atoms with van der Waals surface area (Å²) >= 11 is 0. The molecule has 0 saturated carbocycles. The zero-order valence-electron chi connectivity index (χ0n) is 7.38. The van der Waals surface area contributed by atoms with Gasteiger partial charge in [-0.3, -0.25) is 0 Å². The van der Waals surface area contributed by atoms with Crippen molar-refractivity contribution in [1.82, 2.24) is 0 Å². The molecule has 0 heterocycles. The Kier molecular flexibility index (Phi) is 5.87. The standard InChI is InChI=1S/C9H17NO/c1-3-8(2)9(11)6-4-5-7-10/h8-9,11H,3-6H2,1-2H3. The van der Waals surface area contributed by atoms with Crippen LogP contribution in [0.1, 0.15) is 39.5 Å². The lowest BCUT2D eigenvalue weighted by atomic mass is 9.97. The van der Waals surface area contributed by atoms with Gasteiger partial charge in [0.05, 0.1) is 12.2 Å². The zero-order valence-corrected chi connectivity index (χ0v) is 7.38. The SMILES string of the molecule is CCC(C)C(O)CCCC#N. The first kappa shape index (κ1) is 10.4. The Morgan fingerprint density at radius 1 is 1.55 bits per heavy atom. The van der Waals surface area contributed by atoms with E-state index in [-0.39, 0.29) is 6.10 Å². The van der Waals surface area contributed by atoms with E-state index < -0.39 is 0 Å². The minimum absolute atomic E-state index is 0.214. The van der Waals surface area contributed by atoms with E-state index in [4.69, 9.17) is 5.26 Å². The fourth-order valence-corrected chi connectivity index (χ4v) is 0.947. The summed E-state index contributed by atoms with van der Waals surface area (Å²) in [5, 5.41) is 17.7. The second-order valence-electron chi connectivity index (χ2n) is 3.00. The van der Waals surface area contributed by atoms with Crippen LogP contribution >= 0.6 is 0 Å². The molecule has 0 aromatic rings. The number of unbranched alkanes of at least 4 members (excludes halogenated alkanes) is 1. The summed E-state index contributed by atoms with van der Waals surface area (Å²) in [7, 11) is 0. The maximum absolute atomic E-state index is 9.43. The van der Waals surface area contributed by atoms with E-state index in [1.54, 1.807) is 0 Å². The molecule has 64 valence electrons. The Bertz CT molecular complexity index is 128. The topological polar surface area (TPSA) is 44.0 Å². The Morgan fingerprint density at radius 3 is 2.64 bits per heavy atom. The van der Waals surface area contributed by atoms with Gasteiger partial charge in [-0.15, -0.1) is 0 Å². The van der Waals surface area contributed by atoms with Gasteiger partial charge in [0.25, 0.3) is 0 Å². The van der Waals surface area contributed by atoms with Crippen LogP contribution in [0, 0.1) is 17.2 Å². The van der Waals surface area contributed by atoms with Crippen LogP contribution in [0.25, 0.3) is 0 Å². The zero-order chi connectivity index (χ0) is 8.69. The van der Waals surface area contributed by atoms with Gasteiger partial charge >= 0.3 is 0 Å². The third kappa shape index (κ3) is 4.80. The van der Waals surface area contributed by atoms with Gasteiger partial charge in [-0.05, 0) is 18.8 Å². The monoisotopic (exact) mass is 155 g/mol. The van der Waals surface area contributed by atoms with Gasteiger partial charge in [-0.25, -0.2) is 0 Å². The maximum atomic E-state index is 9.43. The van der Waals surface area contributed by atoms with Crippen LogP contribution < -0.4 is 0 Å². The molecule has 0 aliphatic heterocycles. The third-order valence-electron chi connectivity index (χ3n) is 2.09. The summed E-state index contributed by atoms with van der Waals surface area (Å²) in [5.41, 5.74) is 0. The van der Waals surface area contributed by atoms with Crippen molar-refractivity contribution in [2.75, 3.05) is 0 Å². The summed E-state index contributed by atoms with van der Waals surface area (Å²) in [6.45, 7) is 4.11. The van der Waals surface area contributed by atoms with Gasteiger partial charge in [-0.1, -0.05) is 20.3 Å². The molecule has 0 aliphatic carbocycles. The molecule has 0 aliphatic rings. The van der Waals surface area contributed by atoms with Crippen molar-refractivity contribution in [3.63, 3.8) is 0 Å². The molecular weight excluding hydrogens is 138 g/mol. The quantitative estimate of drug-likeness (QED) is 0.618. The van der Waals surface area contributed by atoms with Crippen molar-refractivity contribution in [2.24, 2.45) is 5.92 Å².